The smallest absolute Gasteiger partial charge is 0.306 e. The fraction of sp³-hybridized carbons (Fsp3) is 0.500. The van der Waals surface area contributed by atoms with E-state index in [-0.39, 0.29) is 17.9 Å². The molecule has 0 unspecified atom stereocenters. The van der Waals surface area contributed by atoms with Gasteiger partial charge >= 0.3 is 5.97 Å². The Kier molecular flexibility index (Phi) is 7.18. The Balaban J connectivity index is 2.53. The van der Waals surface area contributed by atoms with Gasteiger partial charge in [-0.2, -0.15) is 0 Å². The van der Waals surface area contributed by atoms with Gasteiger partial charge in [-0.1, -0.05) is 19.8 Å². The number of nitrogens with one attached hydrogen (secondary N) is 1. The quantitative estimate of drug-likeness (QED) is 0.644. The molecule has 0 atom stereocenters. The van der Waals surface area contributed by atoms with E-state index < -0.39 is 16.0 Å². The minimum Gasteiger partial charge on any atom is -0.493 e. The number of carboxylic acids is 1. The normalized spacial score (nSPS) is 11.3. The molecule has 0 aliphatic heterocycles. The van der Waals surface area contributed by atoms with Crippen LogP contribution in [0.25, 0.3) is 0 Å². The van der Waals surface area contributed by atoms with Crippen LogP contribution in [0.3, 0.4) is 0 Å². The van der Waals surface area contributed by atoms with Crippen molar-refractivity contribution in [2.45, 2.75) is 37.5 Å². The van der Waals surface area contributed by atoms with Gasteiger partial charge in [0, 0.05) is 6.54 Å². The van der Waals surface area contributed by atoms with E-state index in [1.807, 2.05) is 0 Å². The van der Waals surface area contributed by atoms with E-state index >= 15 is 0 Å². The van der Waals surface area contributed by atoms with E-state index in [0.29, 0.717) is 12.3 Å². The van der Waals surface area contributed by atoms with E-state index in [1.54, 1.807) is 0 Å². The number of rotatable bonds is 10. The van der Waals surface area contributed by atoms with Crippen molar-refractivity contribution in [1.82, 2.24) is 4.72 Å². The molecule has 1 aromatic carbocycles. The summed E-state index contributed by atoms with van der Waals surface area (Å²) in [5.41, 5.74) is 0. The lowest BCUT2D eigenvalue weighted by Crippen LogP contribution is -2.24. The number of unbranched alkanes of at least 4 members (excludes halogenated alkanes) is 2. The van der Waals surface area contributed by atoms with Gasteiger partial charge < -0.3 is 9.84 Å². The predicted octanol–water partition coefficient (Wildman–Crippen LogP) is 2.01. The van der Waals surface area contributed by atoms with Gasteiger partial charge in [0.1, 0.15) is 5.75 Å². The number of carbonyl (C=O) groups is 1. The molecule has 7 heteroatoms. The molecule has 6 nitrogen and oxygen atoms in total. The van der Waals surface area contributed by atoms with Crippen molar-refractivity contribution < 1.29 is 23.1 Å². The molecular formula is C14H21NO5S. The number of sulfonamides is 1. The van der Waals surface area contributed by atoms with Crippen molar-refractivity contribution in [2.75, 3.05) is 13.2 Å². The molecule has 0 saturated carbocycles. The number of ether oxygens (including phenoxy) is 1. The van der Waals surface area contributed by atoms with E-state index in [1.165, 1.54) is 24.3 Å². The van der Waals surface area contributed by atoms with Crippen LogP contribution < -0.4 is 9.46 Å². The fourth-order valence-corrected chi connectivity index (χ4v) is 2.71. The molecule has 0 spiro atoms. The van der Waals surface area contributed by atoms with Gasteiger partial charge in [-0.3, -0.25) is 4.79 Å². The van der Waals surface area contributed by atoms with E-state index in [0.717, 1.165) is 19.3 Å². The summed E-state index contributed by atoms with van der Waals surface area (Å²) in [6.45, 7) is 2.53. The zero-order valence-electron chi connectivity index (χ0n) is 12.0. The Morgan fingerprint density at radius 2 is 1.90 bits per heavy atom. The highest BCUT2D eigenvalue weighted by Crippen LogP contribution is 2.16. The first-order valence-electron chi connectivity index (χ1n) is 6.90. The third-order valence-corrected chi connectivity index (χ3v) is 4.27. The Bertz CT molecular complexity index is 539. The van der Waals surface area contributed by atoms with Gasteiger partial charge in [0.25, 0.3) is 0 Å². The molecule has 0 aliphatic rings. The van der Waals surface area contributed by atoms with Crippen LogP contribution in [-0.4, -0.2) is 32.6 Å². The average Bonchev–Trinajstić information content (AvgIpc) is 2.44. The first kappa shape index (κ1) is 17.5. The lowest BCUT2D eigenvalue weighted by molar-refractivity contribution is -0.137. The zero-order valence-corrected chi connectivity index (χ0v) is 12.9. The number of aliphatic carboxylic acids is 1. The summed E-state index contributed by atoms with van der Waals surface area (Å²) in [6, 6.07) is 5.92. The van der Waals surface area contributed by atoms with Crippen LogP contribution in [0.15, 0.2) is 29.2 Å². The Morgan fingerprint density at radius 1 is 1.24 bits per heavy atom. The summed E-state index contributed by atoms with van der Waals surface area (Å²) < 4.78 is 31.7. The number of carboxylic acid groups (broad SMARTS) is 1. The molecule has 1 aromatic rings. The van der Waals surface area contributed by atoms with Gasteiger partial charge in [0.2, 0.25) is 10.0 Å². The monoisotopic (exact) mass is 315 g/mol. The van der Waals surface area contributed by atoms with Crippen LogP contribution in [0.5, 0.6) is 5.75 Å². The van der Waals surface area contributed by atoms with Gasteiger partial charge in [-0.15, -0.1) is 0 Å². The predicted molar refractivity (Wildman–Crippen MR) is 78.9 cm³/mol. The highest BCUT2D eigenvalue weighted by atomic mass is 32.2. The lowest BCUT2D eigenvalue weighted by atomic mass is 10.3. The highest BCUT2D eigenvalue weighted by molar-refractivity contribution is 7.89. The SMILES string of the molecule is CCCCCNS(=O)(=O)c1ccc(OCCC(=O)O)cc1. The number of hydrogen-bond donors (Lipinski definition) is 2. The third-order valence-electron chi connectivity index (χ3n) is 2.79. The minimum absolute atomic E-state index is 0.0523. The molecular weight excluding hydrogens is 294 g/mol. The van der Waals surface area contributed by atoms with Crippen molar-refractivity contribution in [2.24, 2.45) is 0 Å². The third kappa shape index (κ3) is 6.59. The van der Waals surface area contributed by atoms with Crippen LogP contribution in [0, 0.1) is 0 Å². The lowest BCUT2D eigenvalue weighted by Gasteiger charge is -2.08. The second-order valence-corrected chi connectivity index (χ2v) is 6.34. The molecule has 0 aliphatic carbocycles. The maximum absolute atomic E-state index is 12.0. The standard InChI is InChI=1S/C14H21NO5S/c1-2-3-4-10-15-21(18,19)13-7-5-12(6-8-13)20-11-9-14(16)17/h5-8,15H,2-4,9-11H2,1H3,(H,16,17). The number of hydrogen-bond acceptors (Lipinski definition) is 4. The van der Waals surface area contributed by atoms with Crippen molar-refractivity contribution in [3.63, 3.8) is 0 Å². The van der Waals surface area contributed by atoms with E-state index in [4.69, 9.17) is 9.84 Å². The second kappa shape index (κ2) is 8.63. The van der Waals surface area contributed by atoms with Crippen LogP contribution in [0.1, 0.15) is 32.6 Å². The minimum atomic E-state index is -3.49. The van der Waals surface area contributed by atoms with Crippen LogP contribution in [0.2, 0.25) is 0 Å². The molecule has 0 bridgehead atoms. The first-order chi connectivity index (χ1) is 9.95. The van der Waals surface area contributed by atoms with Crippen LogP contribution >= 0.6 is 0 Å². The molecule has 21 heavy (non-hydrogen) atoms. The zero-order chi connectivity index (χ0) is 15.7. The van der Waals surface area contributed by atoms with Crippen molar-refractivity contribution >= 4 is 16.0 Å². The van der Waals surface area contributed by atoms with Crippen LogP contribution in [0.4, 0.5) is 0 Å². The molecule has 0 aromatic heterocycles. The summed E-state index contributed by atoms with van der Waals surface area (Å²) in [5.74, 6) is -0.494. The van der Waals surface area contributed by atoms with Gasteiger partial charge in [0.05, 0.1) is 17.9 Å². The molecule has 0 fully saturated rings. The Hall–Kier alpha value is -1.60. The molecule has 118 valence electrons. The molecule has 0 radical (unpaired) electrons. The largest absolute Gasteiger partial charge is 0.493 e. The second-order valence-electron chi connectivity index (χ2n) is 4.57. The molecule has 0 heterocycles. The summed E-state index contributed by atoms with van der Waals surface area (Å²) in [5, 5.41) is 8.50. The first-order valence-corrected chi connectivity index (χ1v) is 8.38. The van der Waals surface area contributed by atoms with Gasteiger partial charge in [-0.25, -0.2) is 13.1 Å². The van der Waals surface area contributed by atoms with Crippen LogP contribution in [-0.2, 0) is 14.8 Å². The van der Waals surface area contributed by atoms with Gasteiger partial charge in [0.15, 0.2) is 0 Å². The highest BCUT2D eigenvalue weighted by Gasteiger charge is 2.13. The van der Waals surface area contributed by atoms with Gasteiger partial charge in [-0.05, 0) is 30.7 Å². The molecule has 0 amide bonds. The maximum atomic E-state index is 12.0. The van der Waals surface area contributed by atoms with Crippen molar-refractivity contribution in [3.8, 4) is 5.75 Å². The molecule has 2 N–H and O–H groups in total. The van der Waals surface area contributed by atoms with Crippen molar-refractivity contribution in [1.29, 1.82) is 0 Å². The summed E-state index contributed by atoms with van der Waals surface area (Å²) >= 11 is 0. The van der Waals surface area contributed by atoms with E-state index in [2.05, 4.69) is 11.6 Å². The summed E-state index contributed by atoms with van der Waals surface area (Å²) in [7, 11) is -3.49. The average molecular weight is 315 g/mol. The van der Waals surface area contributed by atoms with Crippen molar-refractivity contribution in [3.05, 3.63) is 24.3 Å². The molecule has 0 saturated heterocycles. The molecule has 1 rings (SSSR count). The Morgan fingerprint density at radius 3 is 2.48 bits per heavy atom. The summed E-state index contributed by atoms with van der Waals surface area (Å²) in [4.78, 5) is 10.5. The van der Waals surface area contributed by atoms with E-state index in [9.17, 15) is 13.2 Å². The number of benzene rings is 1. The summed E-state index contributed by atoms with van der Waals surface area (Å²) in [6.07, 6.45) is 2.73. The maximum Gasteiger partial charge on any atom is 0.306 e. The topological polar surface area (TPSA) is 92.7 Å². The fourth-order valence-electron chi connectivity index (χ4n) is 1.64. The Labute approximate surface area is 125 Å².